The number of hydrogen-bond acceptors (Lipinski definition) is 2. The van der Waals surface area contributed by atoms with Crippen LogP contribution in [-0.2, 0) is 0 Å². The normalized spacial score (nSPS) is 34.6. The molecule has 1 fully saturated rings. The Morgan fingerprint density at radius 2 is 2.06 bits per heavy atom. The third-order valence-electron chi connectivity index (χ3n) is 3.54. The molecule has 2 aliphatic rings. The predicted octanol–water partition coefficient (Wildman–Crippen LogP) is 1.71. The van der Waals surface area contributed by atoms with E-state index in [1.807, 2.05) is 0 Å². The molecule has 0 spiro atoms. The SMILES string of the molecule is OC(CNCC1CC2C=CC1C2)C(F)(F)F. The Morgan fingerprint density at radius 1 is 1.31 bits per heavy atom. The molecule has 2 aliphatic carbocycles. The van der Waals surface area contributed by atoms with E-state index in [1.54, 1.807) is 0 Å². The molecule has 92 valence electrons. The molecular formula is C11H16F3NO. The van der Waals surface area contributed by atoms with Crippen LogP contribution in [0.25, 0.3) is 0 Å². The van der Waals surface area contributed by atoms with Gasteiger partial charge in [-0.3, -0.25) is 0 Å². The number of hydrogen-bond donors (Lipinski definition) is 2. The minimum absolute atomic E-state index is 0.402. The quantitative estimate of drug-likeness (QED) is 0.727. The fraction of sp³-hybridized carbons (Fsp3) is 0.818. The van der Waals surface area contributed by atoms with E-state index in [4.69, 9.17) is 5.11 Å². The third-order valence-corrected chi connectivity index (χ3v) is 3.54. The molecule has 0 aromatic carbocycles. The van der Waals surface area contributed by atoms with Crippen molar-refractivity contribution in [3.63, 3.8) is 0 Å². The lowest BCUT2D eigenvalue weighted by Gasteiger charge is -2.20. The van der Waals surface area contributed by atoms with Crippen LogP contribution in [0.3, 0.4) is 0 Å². The fourth-order valence-electron chi connectivity index (χ4n) is 2.65. The fourth-order valence-corrected chi connectivity index (χ4v) is 2.65. The van der Waals surface area contributed by atoms with Gasteiger partial charge in [-0.2, -0.15) is 13.2 Å². The summed E-state index contributed by atoms with van der Waals surface area (Å²) >= 11 is 0. The highest BCUT2D eigenvalue weighted by Crippen LogP contribution is 2.42. The summed E-state index contributed by atoms with van der Waals surface area (Å²) in [5.74, 6) is 1.60. The number of rotatable bonds is 4. The summed E-state index contributed by atoms with van der Waals surface area (Å²) in [6.45, 7) is 0.166. The summed E-state index contributed by atoms with van der Waals surface area (Å²) < 4.78 is 36.0. The zero-order valence-electron chi connectivity index (χ0n) is 8.87. The number of aliphatic hydroxyl groups is 1. The van der Waals surface area contributed by atoms with Gasteiger partial charge in [-0.15, -0.1) is 0 Å². The maximum atomic E-state index is 12.0. The first-order chi connectivity index (χ1) is 7.47. The Hall–Kier alpha value is -0.550. The number of nitrogens with one attached hydrogen (secondary N) is 1. The van der Waals surface area contributed by atoms with Crippen molar-refractivity contribution in [3.05, 3.63) is 12.2 Å². The van der Waals surface area contributed by atoms with Crippen molar-refractivity contribution in [3.8, 4) is 0 Å². The van der Waals surface area contributed by atoms with Gasteiger partial charge in [-0.25, -0.2) is 0 Å². The average Bonchev–Trinajstić information content (AvgIpc) is 2.77. The topological polar surface area (TPSA) is 32.3 Å². The van der Waals surface area contributed by atoms with E-state index in [-0.39, 0.29) is 0 Å². The molecule has 0 aromatic rings. The lowest BCUT2D eigenvalue weighted by atomic mass is 9.93. The summed E-state index contributed by atoms with van der Waals surface area (Å²) in [6.07, 6.45) is -0.181. The number of halogens is 3. The minimum atomic E-state index is -4.51. The molecule has 4 atom stereocenters. The highest BCUT2D eigenvalue weighted by molar-refractivity contribution is 5.10. The number of alkyl halides is 3. The maximum Gasteiger partial charge on any atom is 0.415 e. The smallest absolute Gasteiger partial charge is 0.382 e. The molecule has 4 unspecified atom stereocenters. The van der Waals surface area contributed by atoms with Crippen LogP contribution in [0.1, 0.15) is 12.8 Å². The highest BCUT2D eigenvalue weighted by Gasteiger charge is 2.39. The van der Waals surface area contributed by atoms with E-state index >= 15 is 0 Å². The van der Waals surface area contributed by atoms with Crippen molar-refractivity contribution in [2.45, 2.75) is 25.1 Å². The molecule has 5 heteroatoms. The molecule has 16 heavy (non-hydrogen) atoms. The van der Waals surface area contributed by atoms with Gasteiger partial charge in [0.05, 0.1) is 0 Å². The number of aliphatic hydroxyl groups excluding tert-OH is 1. The van der Waals surface area contributed by atoms with Crippen LogP contribution in [0.5, 0.6) is 0 Å². The van der Waals surface area contributed by atoms with Gasteiger partial charge in [0, 0.05) is 6.54 Å². The van der Waals surface area contributed by atoms with E-state index < -0.39 is 18.8 Å². The van der Waals surface area contributed by atoms with E-state index in [9.17, 15) is 13.2 Å². The van der Waals surface area contributed by atoms with E-state index in [0.717, 1.165) is 12.8 Å². The van der Waals surface area contributed by atoms with Crippen LogP contribution >= 0.6 is 0 Å². The van der Waals surface area contributed by atoms with Crippen LogP contribution in [0.2, 0.25) is 0 Å². The second kappa shape index (κ2) is 4.37. The molecule has 0 amide bonds. The Labute approximate surface area is 92.5 Å². The second-order valence-electron chi connectivity index (χ2n) is 4.76. The molecule has 0 radical (unpaired) electrons. The molecule has 2 rings (SSSR count). The largest absolute Gasteiger partial charge is 0.415 e. The number of allylic oxidation sites excluding steroid dienone is 2. The summed E-state index contributed by atoms with van der Waals surface area (Å²) in [5.41, 5.74) is 0. The van der Waals surface area contributed by atoms with Crippen molar-refractivity contribution in [1.82, 2.24) is 5.32 Å². The second-order valence-corrected chi connectivity index (χ2v) is 4.76. The first-order valence-corrected chi connectivity index (χ1v) is 5.60. The molecule has 1 saturated carbocycles. The zero-order valence-corrected chi connectivity index (χ0v) is 8.87. The van der Waals surface area contributed by atoms with Crippen molar-refractivity contribution in [2.24, 2.45) is 17.8 Å². The lowest BCUT2D eigenvalue weighted by molar-refractivity contribution is -0.201. The van der Waals surface area contributed by atoms with Crippen molar-refractivity contribution in [1.29, 1.82) is 0 Å². The van der Waals surface area contributed by atoms with Gasteiger partial charge >= 0.3 is 6.18 Å². The Morgan fingerprint density at radius 3 is 2.56 bits per heavy atom. The van der Waals surface area contributed by atoms with Gasteiger partial charge in [0.1, 0.15) is 0 Å². The molecule has 0 aromatic heterocycles. The Kier molecular flexibility index (Phi) is 3.26. The lowest BCUT2D eigenvalue weighted by Crippen LogP contribution is -2.40. The third kappa shape index (κ3) is 2.58. The standard InChI is InChI=1S/C11H16F3NO/c12-11(13,14)10(16)6-15-5-9-4-7-1-2-8(9)3-7/h1-2,7-10,15-16H,3-6H2. The van der Waals surface area contributed by atoms with Crippen molar-refractivity contribution >= 4 is 0 Å². The molecular weight excluding hydrogens is 219 g/mol. The molecule has 2 N–H and O–H groups in total. The Balaban J connectivity index is 1.67. The van der Waals surface area contributed by atoms with Gasteiger partial charge in [0.15, 0.2) is 6.10 Å². The molecule has 0 aliphatic heterocycles. The van der Waals surface area contributed by atoms with E-state index in [2.05, 4.69) is 17.5 Å². The first-order valence-electron chi connectivity index (χ1n) is 5.60. The summed E-state index contributed by atoms with van der Waals surface area (Å²) in [5, 5.41) is 11.5. The zero-order chi connectivity index (χ0) is 11.8. The van der Waals surface area contributed by atoms with Crippen LogP contribution in [0, 0.1) is 17.8 Å². The van der Waals surface area contributed by atoms with Crippen LogP contribution in [0.15, 0.2) is 12.2 Å². The molecule has 0 saturated heterocycles. The molecule has 2 nitrogen and oxygen atoms in total. The Bertz CT molecular complexity index is 277. The van der Waals surface area contributed by atoms with Gasteiger partial charge in [0.25, 0.3) is 0 Å². The highest BCUT2D eigenvalue weighted by atomic mass is 19.4. The summed E-state index contributed by atoms with van der Waals surface area (Å²) in [4.78, 5) is 0. The van der Waals surface area contributed by atoms with Gasteiger partial charge < -0.3 is 10.4 Å². The van der Waals surface area contributed by atoms with Crippen molar-refractivity contribution in [2.75, 3.05) is 13.1 Å². The summed E-state index contributed by atoms with van der Waals surface area (Å²) in [7, 11) is 0. The predicted molar refractivity (Wildman–Crippen MR) is 53.8 cm³/mol. The monoisotopic (exact) mass is 235 g/mol. The minimum Gasteiger partial charge on any atom is -0.382 e. The van der Waals surface area contributed by atoms with Gasteiger partial charge in [-0.1, -0.05) is 12.2 Å². The van der Waals surface area contributed by atoms with E-state index in [0.29, 0.717) is 24.3 Å². The van der Waals surface area contributed by atoms with E-state index in [1.165, 1.54) is 0 Å². The van der Waals surface area contributed by atoms with Crippen LogP contribution in [0.4, 0.5) is 13.2 Å². The van der Waals surface area contributed by atoms with Crippen molar-refractivity contribution < 1.29 is 18.3 Å². The van der Waals surface area contributed by atoms with Crippen LogP contribution in [-0.4, -0.2) is 30.5 Å². The first kappa shape index (κ1) is 11.9. The number of fused-ring (bicyclic) bond motifs is 2. The van der Waals surface area contributed by atoms with Gasteiger partial charge in [0.2, 0.25) is 0 Å². The van der Waals surface area contributed by atoms with Gasteiger partial charge in [-0.05, 0) is 37.1 Å². The molecule has 2 bridgehead atoms. The maximum absolute atomic E-state index is 12.0. The summed E-state index contributed by atoms with van der Waals surface area (Å²) in [6, 6.07) is 0. The molecule has 0 heterocycles. The average molecular weight is 235 g/mol. The van der Waals surface area contributed by atoms with Crippen LogP contribution < -0.4 is 5.32 Å².